The van der Waals surface area contributed by atoms with Gasteiger partial charge in [0.15, 0.2) is 11.1 Å². The maximum Gasteiger partial charge on any atom is 0.332 e. The molecule has 0 unspecified atom stereocenters. The lowest BCUT2D eigenvalue weighted by molar-refractivity contribution is -0.548. The van der Waals surface area contributed by atoms with Gasteiger partial charge in [-0.1, -0.05) is 30.3 Å². The van der Waals surface area contributed by atoms with E-state index in [1.807, 2.05) is 0 Å². The van der Waals surface area contributed by atoms with Gasteiger partial charge in [-0.15, -0.1) is 5.43 Å². The quantitative estimate of drug-likeness (QED) is 0.526. The lowest BCUT2D eigenvalue weighted by Crippen LogP contribution is -2.41. The molecule has 0 saturated carbocycles. The molecule has 7 nitrogen and oxygen atoms in total. The van der Waals surface area contributed by atoms with Crippen molar-refractivity contribution in [1.29, 1.82) is 0 Å². The van der Waals surface area contributed by atoms with Crippen molar-refractivity contribution in [3.8, 4) is 0 Å². The number of hydrogen-bond donors (Lipinski definition) is 2. The molecular formula is C9H12N2O5. The summed E-state index contributed by atoms with van der Waals surface area (Å²) in [5.74, 6) is -1.24. The number of hydrogen-bond acceptors (Lipinski definition) is 3. The molecule has 0 radical (unpaired) electrons. The average Bonchev–Trinajstić information content (AvgIpc) is 2.17. The van der Waals surface area contributed by atoms with E-state index in [0.717, 1.165) is 5.56 Å². The minimum absolute atomic E-state index is 0. The van der Waals surface area contributed by atoms with Crippen molar-refractivity contribution in [2.75, 3.05) is 0 Å². The maximum absolute atomic E-state index is 10.7. The van der Waals surface area contributed by atoms with Gasteiger partial charge >= 0.3 is 5.97 Å². The van der Waals surface area contributed by atoms with Crippen LogP contribution in [0.25, 0.3) is 0 Å². The first-order valence-corrected chi connectivity index (χ1v) is 4.27. The Balaban J connectivity index is 0.00000225. The fourth-order valence-corrected chi connectivity index (χ4v) is 1.17. The summed E-state index contributed by atoms with van der Waals surface area (Å²) in [5.41, 5.74) is 2.49. The van der Waals surface area contributed by atoms with Gasteiger partial charge < -0.3 is 10.6 Å². The molecule has 16 heavy (non-hydrogen) atoms. The smallest absolute Gasteiger partial charge is 0.332 e. The van der Waals surface area contributed by atoms with Crippen LogP contribution >= 0.6 is 0 Å². The second-order valence-corrected chi connectivity index (χ2v) is 2.97. The molecule has 88 valence electrons. The Kier molecular flexibility index (Phi) is 5.50. The van der Waals surface area contributed by atoms with E-state index >= 15 is 0 Å². The number of nitrogens with one attached hydrogen (secondary N) is 1. The molecule has 7 heteroatoms. The molecule has 0 aliphatic rings. The lowest BCUT2D eigenvalue weighted by Gasteiger charge is -2.08. The molecule has 0 aromatic heterocycles. The van der Waals surface area contributed by atoms with Crippen molar-refractivity contribution >= 4 is 5.97 Å². The minimum atomic E-state index is -1.24. The summed E-state index contributed by atoms with van der Waals surface area (Å²) in [6, 6.07) is 7.53. The number of hydrazine groups is 1. The molecule has 0 amide bonds. The van der Waals surface area contributed by atoms with Gasteiger partial charge in [0.2, 0.25) is 0 Å². The molecule has 4 N–H and O–H groups in total. The molecule has 0 aliphatic carbocycles. The molecule has 0 heterocycles. The third-order valence-electron chi connectivity index (χ3n) is 1.84. The number of carboxylic acids is 1. The first kappa shape index (κ1) is 13.8. The molecule has 0 saturated heterocycles. The number of rotatable bonds is 5. The molecule has 0 bridgehead atoms. The summed E-state index contributed by atoms with van der Waals surface area (Å²) in [6.45, 7) is 0. The van der Waals surface area contributed by atoms with Crippen molar-refractivity contribution in [3.63, 3.8) is 0 Å². The normalized spacial score (nSPS) is 11.0. The van der Waals surface area contributed by atoms with Crippen LogP contribution in [0.15, 0.2) is 30.3 Å². The van der Waals surface area contributed by atoms with E-state index in [4.69, 9.17) is 5.11 Å². The Morgan fingerprint density at radius 3 is 2.44 bits per heavy atom. The van der Waals surface area contributed by atoms with E-state index in [-0.39, 0.29) is 11.9 Å². The third kappa shape index (κ3) is 4.38. The number of benzene rings is 1. The van der Waals surface area contributed by atoms with Gasteiger partial charge in [0.25, 0.3) is 0 Å². The van der Waals surface area contributed by atoms with Gasteiger partial charge in [-0.25, -0.2) is 14.9 Å². The van der Waals surface area contributed by atoms with Crippen molar-refractivity contribution in [2.45, 2.75) is 12.5 Å². The monoisotopic (exact) mass is 228 g/mol. The van der Waals surface area contributed by atoms with Gasteiger partial charge in [0.05, 0.1) is 0 Å². The number of carbonyl (C=O) groups is 1. The standard InChI is InChI=1S/C9H10N2O4.H2O/c12-9(13)8(10-11(14)15)6-7-4-2-1-3-5-7;/h1-5,8,10H,6H2,(H,12,13);1H2/t8-;/m0./s1. The summed E-state index contributed by atoms with van der Waals surface area (Å²) in [6.07, 6.45) is 0.0805. The van der Waals surface area contributed by atoms with Crippen molar-refractivity contribution in [3.05, 3.63) is 46.0 Å². The zero-order valence-corrected chi connectivity index (χ0v) is 8.29. The summed E-state index contributed by atoms with van der Waals surface area (Å²) in [5, 5.41) is 18.0. The van der Waals surface area contributed by atoms with Crippen LogP contribution in [-0.4, -0.2) is 27.6 Å². The molecule has 0 fully saturated rings. The number of nitro groups is 1. The van der Waals surface area contributed by atoms with Crippen LogP contribution < -0.4 is 5.43 Å². The largest absolute Gasteiger partial charge is 0.480 e. The highest BCUT2D eigenvalue weighted by atomic mass is 16.7. The van der Waals surface area contributed by atoms with Gasteiger partial charge in [0.1, 0.15) is 0 Å². The molecular weight excluding hydrogens is 216 g/mol. The van der Waals surface area contributed by atoms with E-state index < -0.39 is 17.0 Å². The molecule has 0 spiro atoms. The Labute approximate surface area is 91.1 Å². The Morgan fingerprint density at radius 1 is 1.44 bits per heavy atom. The molecule has 1 aromatic rings. The summed E-state index contributed by atoms with van der Waals surface area (Å²) >= 11 is 0. The molecule has 1 atom stereocenters. The Hall–Kier alpha value is -2.15. The fraction of sp³-hybridized carbons (Fsp3) is 0.222. The predicted molar refractivity (Wildman–Crippen MR) is 55.3 cm³/mol. The molecule has 1 rings (SSSR count). The van der Waals surface area contributed by atoms with Crippen LogP contribution in [0.4, 0.5) is 0 Å². The predicted octanol–water partition coefficient (Wildman–Crippen LogP) is -0.361. The second kappa shape index (κ2) is 6.36. The number of aliphatic carboxylic acids is 1. The van der Waals surface area contributed by atoms with Crippen molar-refractivity contribution in [1.82, 2.24) is 5.43 Å². The highest BCUT2D eigenvalue weighted by Crippen LogP contribution is 2.03. The zero-order valence-electron chi connectivity index (χ0n) is 8.29. The lowest BCUT2D eigenvalue weighted by atomic mass is 10.1. The second-order valence-electron chi connectivity index (χ2n) is 2.97. The first-order chi connectivity index (χ1) is 7.09. The molecule has 0 aliphatic heterocycles. The van der Waals surface area contributed by atoms with Crippen LogP contribution in [0.3, 0.4) is 0 Å². The highest BCUT2D eigenvalue weighted by Gasteiger charge is 2.22. The minimum Gasteiger partial charge on any atom is -0.480 e. The highest BCUT2D eigenvalue weighted by molar-refractivity contribution is 5.73. The maximum atomic E-state index is 10.7. The van der Waals surface area contributed by atoms with E-state index in [1.165, 1.54) is 0 Å². The van der Waals surface area contributed by atoms with Crippen LogP contribution in [0, 0.1) is 10.1 Å². The summed E-state index contributed by atoms with van der Waals surface area (Å²) in [7, 11) is 0. The topological polar surface area (TPSA) is 124 Å². The van der Waals surface area contributed by atoms with Crippen molar-refractivity contribution in [2.24, 2.45) is 0 Å². The van der Waals surface area contributed by atoms with E-state index in [0.29, 0.717) is 0 Å². The van der Waals surface area contributed by atoms with Crippen LogP contribution in [-0.2, 0) is 11.2 Å². The summed E-state index contributed by atoms with van der Waals surface area (Å²) in [4.78, 5) is 20.8. The van der Waals surface area contributed by atoms with E-state index in [9.17, 15) is 14.9 Å². The molecule has 1 aromatic carbocycles. The van der Waals surface area contributed by atoms with Crippen molar-refractivity contribution < 1.29 is 20.4 Å². The number of carboxylic acid groups (broad SMARTS) is 1. The van der Waals surface area contributed by atoms with E-state index in [1.54, 1.807) is 35.8 Å². The number of nitrogens with zero attached hydrogens (tertiary/aromatic N) is 1. The van der Waals surface area contributed by atoms with Crippen LogP contribution in [0.5, 0.6) is 0 Å². The van der Waals surface area contributed by atoms with Crippen LogP contribution in [0.1, 0.15) is 5.56 Å². The summed E-state index contributed by atoms with van der Waals surface area (Å²) < 4.78 is 0. The van der Waals surface area contributed by atoms with Gasteiger partial charge in [-0.05, 0) is 5.56 Å². The third-order valence-corrected chi connectivity index (χ3v) is 1.84. The SMILES string of the molecule is O.O=C(O)[C@H](Cc1ccccc1)N[N+](=O)[O-]. The van der Waals surface area contributed by atoms with Gasteiger partial charge in [-0.2, -0.15) is 0 Å². The van der Waals surface area contributed by atoms with E-state index in [2.05, 4.69) is 0 Å². The first-order valence-electron chi connectivity index (χ1n) is 4.27. The van der Waals surface area contributed by atoms with Gasteiger partial charge in [-0.3, -0.25) is 0 Å². The van der Waals surface area contributed by atoms with Gasteiger partial charge in [0, 0.05) is 6.42 Å². The van der Waals surface area contributed by atoms with Crippen LogP contribution in [0.2, 0.25) is 0 Å². The fourth-order valence-electron chi connectivity index (χ4n) is 1.17. The Morgan fingerprint density at radius 2 is 2.00 bits per heavy atom. The zero-order chi connectivity index (χ0) is 11.3. The average molecular weight is 228 g/mol. The Bertz CT molecular complexity index is 354.